The summed E-state index contributed by atoms with van der Waals surface area (Å²) in [5.41, 5.74) is 0.288. The molecule has 11 heavy (non-hydrogen) atoms. The van der Waals surface area contributed by atoms with Crippen LogP contribution in [-0.4, -0.2) is 5.78 Å². The molecule has 0 aliphatic carbocycles. The summed E-state index contributed by atoms with van der Waals surface area (Å²) >= 11 is 11.4. The third kappa shape index (κ3) is 1.73. The van der Waals surface area contributed by atoms with Gasteiger partial charge in [0.25, 0.3) is 0 Å². The SMILES string of the molecule is [CH2]C(=O)c1c(Cl)cccc1Cl. The molecule has 1 radical (unpaired) electrons. The smallest absolute Gasteiger partial charge is 0.166 e. The third-order valence-electron chi connectivity index (χ3n) is 1.24. The van der Waals surface area contributed by atoms with Crippen LogP contribution in [0.25, 0.3) is 0 Å². The minimum atomic E-state index is -0.361. The van der Waals surface area contributed by atoms with Gasteiger partial charge in [-0.05, 0) is 12.1 Å². The van der Waals surface area contributed by atoms with Crippen LogP contribution in [0.15, 0.2) is 18.2 Å². The minimum Gasteiger partial charge on any atom is -0.294 e. The average Bonchev–Trinajstić information content (AvgIpc) is 1.85. The van der Waals surface area contributed by atoms with E-state index in [2.05, 4.69) is 6.92 Å². The van der Waals surface area contributed by atoms with E-state index in [1.807, 2.05) is 0 Å². The molecule has 3 heteroatoms. The Labute approximate surface area is 74.9 Å². The van der Waals surface area contributed by atoms with E-state index in [1.54, 1.807) is 18.2 Å². The van der Waals surface area contributed by atoms with Crippen molar-refractivity contribution >= 4 is 29.0 Å². The number of benzene rings is 1. The molecule has 57 valence electrons. The molecule has 0 aromatic heterocycles. The summed E-state index contributed by atoms with van der Waals surface area (Å²) in [4.78, 5) is 10.8. The maximum absolute atomic E-state index is 10.8. The van der Waals surface area contributed by atoms with Gasteiger partial charge in [-0.2, -0.15) is 0 Å². The van der Waals surface area contributed by atoms with Crippen LogP contribution in [-0.2, 0) is 0 Å². The molecular formula is C8H5Cl2O. The third-order valence-corrected chi connectivity index (χ3v) is 1.87. The minimum absolute atomic E-state index is 0.288. The topological polar surface area (TPSA) is 17.1 Å². The largest absolute Gasteiger partial charge is 0.294 e. The van der Waals surface area contributed by atoms with Crippen molar-refractivity contribution in [3.8, 4) is 0 Å². The van der Waals surface area contributed by atoms with Gasteiger partial charge in [0.2, 0.25) is 0 Å². The van der Waals surface area contributed by atoms with E-state index in [0.29, 0.717) is 10.0 Å². The summed E-state index contributed by atoms with van der Waals surface area (Å²) in [6.45, 7) is 3.22. The van der Waals surface area contributed by atoms with Crippen molar-refractivity contribution in [2.75, 3.05) is 0 Å². The van der Waals surface area contributed by atoms with Crippen LogP contribution >= 0.6 is 23.2 Å². The van der Waals surface area contributed by atoms with Crippen molar-refractivity contribution < 1.29 is 4.79 Å². The van der Waals surface area contributed by atoms with E-state index in [4.69, 9.17) is 23.2 Å². The molecule has 1 rings (SSSR count). The molecule has 1 aromatic carbocycles. The predicted octanol–water partition coefficient (Wildman–Crippen LogP) is 3.01. The van der Waals surface area contributed by atoms with Crippen LogP contribution in [0.2, 0.25) is 10.0 Å². The molecule has 0 saturated carbocycles. The number of Topliss-reactive ketones (excluding diaryl/α,β-unsaturated/α-hetero) is 1. The number of rotatable bonds is 1. The molecule has 0 bridgehead atoms. The summed E-state index contributed by atoms with van der Waals surface area (Å²) in [6.07, 6.45) is 0. The summed E-state index contributed by atoms with van der Waals surface area (Å²) in [5.74, 6) is -0.361. The van der Waals surface area contributed by atoms with E-state index >= 15 is 0 Å². The van der Waals surface area contributed by atoms with Gasteiger partial charge in [-0.25, -0.2) is 0 Å². The second kappa shape index (κ2) is 3.24. The Morgan fingerprint density at radius 3 is 2.00 bits per heavy atom. The van der Waals surface area contributed by atoms with Crippen LogP contribution in [0.4, 0.5) is 0 Å². The zero-order valence-electron chi connectivity index (χ0n) is 5.60. The molecule has 0 unspecified atom stereocenters. The second-order valence-corrected chi connectivity index (χ2v) is 2.83. The van der Waals surface area contributed by atoms with Gasteiger partial charge in [0, 0.05) is 6.92 Å². The van der Waals surface area contributed by atoms with Gasteiger partial charge in [-0.1, -0.05) is 29.3 Å². The van der Waals surface area contributed by atoms with Gasteiger partial charge >= 0.3 is 0 Å². The Bertz CT molecular complexity index is 274. The Kier molecular flexibility index (Phi) is 2.53. The van der Waals surface area contributed by atoms with Crippen LogP contribution in [0.1, 0.15) is 10.4 Å². The first-order valence-electron chi connectivity index (χ1n) is 2.93. The number of halogens is 2. The molecule has 1 aromatic rings. The molecule has 0 saturated heterocycles. The first kappa shape index (κ1) is 8.57. The Hall–Kier alpha value is -0.530. The highest BCUT2D eigenvalue weighted by Crippen LogP contribution is 2.23. The van der Waals surface area contributed by atoms with E-state index in [-0.39, 0.29) is 11.3 Å². The zero-order valence-corrected chi connectivity index (χ0v) is 7.12. The lowest BCUT2D eigenvalue weighted by molar-refractivity contribution is 0.104. The first-order chi connectivity index (χ1) is 5.13. The molecular weight excluding hydrogens is 183 g/mol. The Morgan fingerprint density at radius 1 is 1.27 bits per heavy atom. The standard InChI is InChI=1S/C8H5Cl2O/c1-5(11)8-6(9)3-2-4-7(8)10/h2-4H,1H2. The van der Waals surface area contributed by atoms with Crippen LogP contribution < -0.4 is 0 Å². The molecule has 0 heterocycles. The average molecular weight is 188 g/mol. The number of hydrogen-bond donors (Lipinski definition) is 0. The van der Waals surface area contributed by atoms with Crippen molar-refractivity contribution in [1.82, 2.24) is 0 Å². The molecule has 0 aliphatic heterocycles. The van der Waals surface area contributed by atoms with Crippen molar-refractivity contribution in [3.63, 3.8) is 0 Å². The highest BCUT2D eigenvalue weighted by Gasteiger charge is 2.08. The predicted molar refractivity (Wildman–Crippen MR) is 46.1 cm³/mol. The number of hydrogen-bond acceptors (Lipinski definition) is 1. The fourth-order valence-electron chi connectivity index (χ4n) is 0.764. The van der Waals surface area contributed by atoms with E-state index < -0.39 is 0 Å². The maximum atomic E-state index is 10.8. The lowest BCUT2D eigenvalue weighted by Gasteiger charge is -2.00. The van der Waals surface area contributed by atoms with E-state index in [9.17, 15) is 4.79 Å². The quantitative estimate of drug-likeness (QED) is 0.619. The summed E-state index contributed by atoms with van der Waals surface area (Å²) in [7, 11) is 0. The second-order valence-electron chi connectivity index (χ2n) is 2.02. The molecule has 0 aliphatic rings. The Balaban J connectivity index is 3.32. The van der Waals surface area contributed by atoms with E-state index in [0.717, 1.165) is 0 Å². The normalized spacial score (nSPS) is 9.73. The van der Waals surface area contributed by atoms with Gasteiger partial charge in [-0.15, -0.1) is 0 Å². The van der Waals surface area contributed by atoms with E-state index in [1.165, 1.54) is 0 Å². The number of carbonyl (C=O) groups excluding carboxylic acids is 1. The molecule has 0 amide bonds. The van der Waals surface area contributed by atoms with Gasteiger partial charge in [0.15, 0.2) is 5.78 Å². The van der Waals surface area contributed by atoms with Gasteiger partial charge < -0.3 is 0 Å². The molecule has 0 spiro atoms. The van der Waals surface area contributed by atoms with Crippen molar-refractivity contribution in [2.45, 2.75) is 0 Å². The monoisotopic (exact) mass is 187 g/mol. The highest BCUT2D eigenvalue weighted by atomic mass is 35.5. The molecule has 0 fully saturated rings. The van der Waals surface area contributed by atoms with Gasteiger partial charge in [0.1, 0.15) is 0 Å². The summed E-state index contributed by atoms with van der Waals surface area (Å²) in [5, 5.41) is 0.690. The molecule has 0 N–H and O–H groups in total. The number of carbonyl (C=O) groups is 1. The fraction of sp³-hybridized carbons (Fsp3) is 0. The highest BCUT2D eigenvalue weighted by molar-refractivity contribution is 6.40. The Morgan fingerprint density at radius 2 is 1.73 bits per heavy atom. The molecule has 0 atom stereocenters. The van der Waals surface area contributed by atoms with Crippen LogP contribution in [0.3, 0.4) is 0 Å². The molecule has 1 nitrogen and oxygen atoms in total. The van der Waals surface area contributed by atoms with Gasteiger partial charge in [-0.3, -0.25) is 4.79 Å². The number of ketones is 1. The van der Waals surface area contributed by atoms with Gasteiger partial charge in [0.05, 0.1) is 15.6 Å². The summed E-state index contributed by atoms with van der Waals surface area (Å²) in [6, 6.07) is 4.88. The van der Waals surface area contributed by atoms with Crippen molar-refractivity contribution in [3.05, 3.63) is 40.7 Å². The maximum Gasteiger partial charge on any atom is 0.166 e. The lowest BCUT2D eigenvalue weighted by atomic mass is 10.1. The van der Waals surface area contributed by atoms with Crippen molar-refractivity contribution in [1.29, 1.82) is 0 Å². The first-order valence-corrected chi connectivity index (χ1v) is 3.69. The lowest BCUT2D eigenvalue weighted by Crippen LogP contribution is -1.94. The van der Waals surface area contributed by atoms with Crippen LogP contribution in [0.5, 0.6) is 0 Å². The fourth-order valence-corrected chi connectivity index (χ4v) is 1.37. The van der Waals surface area contributed by atoms with Crippen molar-refractivity contribution in [2.24, 2.45) is 0 Å². The summed E-state index contributed by atoms with van der Waals surface area (Å²) < 4.78 is 0. The van der Waals surface area contributed by atoms with Crippen LogP contribution in [0, 0.1) is 6.92 Å². The zero-order chi connectivity index (χ0) is 8.43.